The van der Waals surface area contributed by atoms with Crippen molar-refractivity contribution in [3.8, 4) is 27.6 Å². The molecular formula is C29H35N5O4S. The SMILES string of the molecule is CC(C)n1ncnc1-c1cc2c(s1)CCOc1cc(C3CN(C(=O)C4(NC(=O)OC(C)(C)C)CC4)C3)ccc1-2. The van der Waals surface area contributed by atoms with Crippen molar-refractivity contribution in [3.05, 3.63) is 41.0 Å². The highest BCUT2D eigenvalue weighted by atomic mass is 32.1. The summed E-state index contributed by atoms with van der Waals surface area (Å²) in [4.78, 5) is 34.2. The molecule has 3 aromatic rings. The molecule has 6 rings (SSSR count). The maximum absolute atomic E-state index is 13.2. The number of likely N-dealkylation sites (tertiary alicyclic amines) is 1. The van der Waals surface area contributed by atoms with Gasteiger partial charge in [0.05, 0.1) is 11.5 Å². The second-order valence-electron chi connectivity index (χ2n) is 12.0. The minimum Gasteiger partial charge on any atom is -0.493 e. The van der Waals surface area contributed by atoms with E-state index in [-0.39, 0.29) is 17.9 Å². The number of nitrogens with zero attached hydrogens (tertiary/aromatic N) is 4. The molecule has 2 fully saturated rings. The molecule has 1 saturated carbocycles. The molecule has 0 radical (unpaired) electrons. The summed E-state index contributed by atoms with van der Waals surface area (Å²) in [6, 6.07) is 8.89. The summed E-state index contributed by atoms with van der Waals surface area (Å²) >= 11 is 1.76. The van der Waals surface area contributed by atoms with Gasteiger partial charge >= 0.3 is 6.09 Å². The van der Waals surface area contributed by atoms with E-state index in [0.717, 1.165) is 28.4 Å². The van der Waals surface area contributed by atoms with Crippen LogP contribution in [-0.4, -0.2) is 62.5 Å². The molecule has 0 spiro atoms. The predicted octanol–water partition coefficient (Wildman–Crippen LogP) is 5.17. The molecule has 39 heavy (non-hydrogen) atoms. The molecule has 9 nitrogen and oxygen atoms in total. The minimum absolute atomic E-state index is 0.0136. The average molecular weight is 550 g/mol. The maximum atomic E-state index is 13.2. The number of ether oxygens (including phenoxy) is 2. The Bertz CT molecular complexity index is 1430. The summed E-state index contributed by atoms with van der Waals surface area (Å²) in [6.07, 6.45) is 3.23. The van der Waals surface area contributed by atoms with E-state index in [9.17, 15) is 9.59 Å². The molecule has 10 heteroatoms. The number of hydrogen-bond donors (Lipinski definition) is 1. The first kappa shape index (κ1) is 25.9. The lowest BCUT2D eigenvalue weighted by molar-refractivity contribution is -0.139. The molecule has 1 N–H and O–H groups in total. The molecule has 4 heterocycles. The van der Waals surface area contributed by atoms with Crippen LogP contribution in [0.1, 0.15) is 69.9 Å². The lowest BCUT2D eigenvalue weighted by Gasteiger charge is -2.41. The van der Waals surface area contributed by atoms with Gasteiger partial charge in [0.25, 0.3) is 0 Å². The number of fused-ring (bicyclic) bond motifs is 3. The summed E-state index contributed by atoms with van der Waals surface area (Å²) in [5, 5.41) is 7.23. The molecule has 3 aliphatic rings. The zero-order valence-electron chi connectivity index (χ0n) is 23.1. The third kappa shape index (κ3) is 4.90. The van der Waals surface area contributed by atoms with Crippen molar-refractivity contribution in [1.82, 2.24) is 25.0 Å². The normalized spacial score (nSPS) is 17.9. The van der Waals surface area contributed by atoms with E-state index < -0.39 is 17.2 Å². The zero-order chi connectivity index (χ0) is 27.5. The van der Waals surface area contributed by atoms with Crippen LogP contribution in [-0.2, 0) is 16.0 Å². The maximum Gasteiger partial charge on any atom is 0.408 e. The van der Waals surface area contributed by atoms with E-state index in [1.807, 2.05) is 30.4 Å². The molecule has 0 unspecified atom stereocenters. The van der Waals surface area contributed by atoms with Gasteiger partial charge in [-0.2, -0.15) is 5.10 Å². The topological polar surface area (TPSA) is 98.6 Å². The lowest BCUT2D eigenvalue weighted by Crippen LogP contribution is -2.57. The van der Waals surface area contributed by atoms with Gasteiger partial charge in [0.1, 0.15) is 23.2 Å². The molecule has 0 atom stereocenters. The third-order valence-corrected chi connectivity index (χ3v) is 8.70. The van der Waals surface area contributed by atoms with Crippen molar-refractivity contribution < 1.29 is 19.1 Å². The largest absolute Gasteiger partial charge is 0.493 e. The Balaban J connectivity index is 1.15. The van der Waals surface area contributed by atoms with Crippen LogP contribution in [0.5, 0.6) is 5.75 Å². The number of hydrogen-bond acceptors (Lipinski definition) is 7. The molecule has 2 aliphatic heterocycles. The molecule has 0 bridgehead atoms. The Kier molecular flexibility index (Phi) is 6.21. The van der Waals surface area contributed by atoms with Crippen molar-refractivity contribution in [2.75, 3.05) is 19.7 Å². The Morgan fingerprint density at radius 3 is 2.64 bits per heavy atom. The highest BCUT2D eigenvalue weighted by Crippen LogP contribution is 2.45. The highest BCUT2D eigenvalue weighted by Gasteiger charge is 2.55. The van der Waals surface area contributed by atoms with Gasteiger partial charge in [0.2, 0.25) is 5.91 Å². The number of aromatic nitrogens is 3. The van der Waals surface area contributed by atoms with Crippen molar-refractivity contribution in [2.45, 2.75) is 77.0 Å². The van der Waals surface area contributed by atoms with Crippen molar-refractivity contribution in [1.29, 1.82) is 0 Å². The summed E-state index contributed by atoms with van der Waals surface area (Å²) in [6.45, 7) is 11.6. The number of carbonyl (C=O) groups is 2. The van der Waals surface area contributed by atoms with E-state index in [1.54, 1.807) is 17.7 Å². The van der Waals surface area contributed by atoms with Gasteiger partial charge in [-0.05, 0) is 65.2 Å². The number of carbonyl (C=O) groups excluding carboxylic acids is 2. The van der Waals surface area contributed by atoms with E-state index in [2.05, 4.69) is 53.5 Å². The van der Waals surface area contributed by atoms with E-state index in [0.29, 0.717) is 32.5 Å². The molecule has 206 valence electrons. The number of thiophene rings is 1. The Hall–Kier alpha value is -3.40. The van der Waals surface area contributed by atoms with Gasteiger partial charge in [0.15, 0.2) is 5.82 Å². The number of benzene rings is 1. The zero-order valence-corrected chi connectivity index (χ0v) is 23.9. The fraction of sp³-hybridized carbons (Fsp3) is 0.517. The average Bonchev–Trinajstić information content (AvgIpc) is 3.29. The first-order valence-corrected chi connectivity index (χ1v) is 14.4. The van der Waals surface area contributed by atoms with Crippen molar-refractivity contribution in [3.63, 3.8) is 0 Å². The summed E-state index contributed by atoms with van der Waals surface area (Å²) in [5.41, 5.74) is 2.05. The highest BCUT2D eigenvalue weighted by molar-refractivity contribution is 7.16. The summed E-state index contributed by atoms with van der Waals surface area (Å²) < 4.78 is 13.5. The van der Waals surface area contributed by atoms with E-state index in [4.69, 9.17) is 9.47 Å². The van der Waals surface area contributed by atoms with Gasteiger partial charge in [-0.1, -0.05) is 12.1 Å². The number of rotatable bonds is 5. The van der Waals surface area contributed by atoms with Crippen LogP contribution in [0.4, 0.5) is 4.79 Å². The van der Waals surface area contributed by atoms with E-state index in [1.165, 1.54) is 16.0 Å². The van der Waals surface area contributed by atoms with Crippen LogP contribution >= 0.6 is 11.3 Å². The van der Waals surface area contributed by atoms with Gasteiger partial charge < -0.3 is 19.7 Å². The molecule has 2 amide bonds. The first-order chi connectivity index (χ1) is 18.5. The third-order valence-electron chi connectivity index (χ3n) is 7.51. The monoisotopic (exact) mass is 549 g/mol. The van der Waals surface area contributed by atoms with Crippen LogP contribution in [0.3, 0.4) is 0 Å². The molecule has 1 aromatic carbocycles. The molecule has 1 saturated heterocycles. The Labute approximate surface area is 232 Å². The van der Waals surface area contributed by atoms with Crippen LogP contribution in [0.25, 0.3) is 21.8 Å². The predicted molar refractivity (Wildman–Crippen MR) is 149 cm³/mol. The van der Waals surface area contributed by atoms with E-state index >= 15 is 0 Å². The fourth-order valence-electron chi connectivity index (χ4n) is 5.32. The first-order valence-electron chi connectivity index (χ1n) is 13.6. The number of nitrogens with one attached hydrogen (secondary N) is 1. The Morgan fingerprint density at radius 1 is 1.18 bits per heavy atom. The Morgan fingerprint density at radius 2 is 1.95 bits per heavy atom. The van der Waals surface area contributed by atoms with Crippen LogP contribution in [0.2, 0.25) is 0 Å². The lowest BCUT2D eigenvalue weighted by atomic mass is 9.89. The molecular weight excluding hydrogens is 514 g/mol. The second-order valence-corrected chi connectivity index (χ2v) is 13.2. The number of amides is 2. The number of alkyl carbamates (subject to hydrolysis) is 1. The standard InChI is InChI=1S/C29H35N5O4S/c1-17(2)34-25(30-16-31-34)24-13-21-20-7-6-18(12-22(20)37-11-8-23(21)39-24)19-14-33(15-19)26(35)29(9-10-29)32-27(36)38-28(3,4)5/h6-7,12-13,16-17,19H,8-11,14-15H2,1-5H3,(H,32,36). The molecule has 2 aromatic heterocycles. The van der Waals surface area contributed by atoms with Crippen molar-refractivity contribution >= 4 is 23.3 Å². The quantitative estimate of drug-likeness (QED) is 0.471. The van der Waals surface area contributed by atoms with Crippen LogP contribution < -0.4 is 10.1 Å². The van der Waals surface area contributed by atoms with Crippen LogP contribution in [0.15, 0.2) is 30.6 Å². The van der Waals surface area contributed by atoms with Gasteiger partial charge in [0, 0.05) is 47.5 Å². The molecule has 1 aliphatic carbocycles. The second kappa shape index (κ2) is 9.36. The smallest absolute Gasteiger partial charge is 0.408 e. The minimum atomic E-state index is -0.808. The van der Waals surface area contributed by atoms with Gasteiger partial charge in [-0.3, -0.25) is 4.79 Å². The van der Waals surface area contributed by atoms with Crippen LogP contribution in [0, 0.1) is 0 Å². The van der Waals surface area contributed by atoms with Crippen molar-refractivity contribution in [2.24, 2.45) is 0 Å². The summed E-state index contributed by atoms with van der Waals surface area (Å²) in [5.74, 6) is 2.01. The van der Waals surface area contributed by atoms with Gasteiger partial charge in [-0.25, -0.2) is 14.5 Å². The fourth-order valence-corrected chi connectivity index (χ4v) is 6.46. The summed E-state index contributed by atoms with van der Waals surface area (Å²) in [7, 11) is 0. The van der Waals surface area contributed by atoms with Gasteiger partial charge in [-0.15, -0.1) is 11.3 Å².